The maximum atomic E-state index is 14.0. The molecule has 2 aromatic carbocycles. The fraction of sp³-hybridized carbons (Fsp3) is 0.406. The van der Waals surface area contributed by atoms with Crippen LogP contribution in [-0.4, -0.2) is 50.6 Å². The van der Waals surface area contributed by atoms with Crippen molar-refractivity contribution in [2.45, 2.75) is 78.1 Å². The molecule has 2 heterocycles. The number of imide groups is 1. The second-order valence-electron chi connectivity index (χ2n) is 12.9. The van der Waals surface area contributed by atoms with Gasteiger partial charge in [0, 0.05) is 16.9 Å². The minimum Gasteiger partial charge on any atom is -0.443 e. The molecule has 3 aromatic rings. The molecule has 0 atom stereocenters. The SMILES string of the molecule is C=C(O/N=C(\C)c1ccc(CN2C(=O)N(C(=O)OC(C)(C)C)CSc3ccc(-c4nnc(CC(C)(C)C)o4)cc32)cc1)C(F)(F)F. The molecule has 0 aliphatic carbocycles. The fourth-order valence-corrected chi connectivity index (χ4v) is 5.14. The molecule has 0 spiro atoms. The van der Waals surface area contributed by atoms with Crippen LogP contribution in [0.1, 0.15) is 65.5 Å². The highest BCUT2D eigenvalue weighted by Crippen LogP contribution is 2.39. The van der Waals surface area contributed by atoms with E-state index in [1.807, 2.05) is 12.1 Å². The number of hydrogen-bond acceptors (Lipinski definition) is 9. The van der Waals surface area contributed by atoms with Crippen LogP contribution in [0.5, 0.6) is 0 Å². The number of nitrogens with zero attached hydrogens (tertiary/aromatic N) is 5. The number of benzene rings is 2. The number of halogens is 3. The molecule has 3 amide bonds. The molecule has 4 rings (SSSR count). The first kappa shape index (κ1) is 34.5. The molecule has 46 heavy (non-hydrogen) atoms. The summed E-state index contributed by atoms with van der Waals surface area (Å²) in [6.45, 7) is 15.7. The maximum Gasteiger partial charge on any atom is 0.451 e. The lowest BCUT2D eigenvalue weighted by Gasteiger charge is -2.29. The molecule has 0 fully saturated rings. The van der Waals surface area contributed by atoms with Gasteiger partial charge in [0.1, 0.15) is 5.60 Å². The van der Waals surface area contributed by atoms with Crippen LogP contribution in [0.25, 0.3) is 11.5 Å². The van der Waals surface area contributed by atoms with Gasteiger partial charge in [-0.25, -0.2) is 14.5 Å². The van der Waals surface area contributed by atoms with E-state index in [-0.39, 0.29) is 23.5 Å². The second-order valence-corrected chi connectivity index (χ2v) is 13.8. The van der Waals surface area contributed by atoms with Crippen molar-refractivity contribution < 1.29 is 36.8 Å². The van der Waals surface area contributed by atoms with E-state index in [0.717, 1.165) is 9.80 Å². The van der Waals surface area contributed by atoms with Crippen LogP contribution < -0.4 is 4.90 Å². The third-order valence-electron chi connectivity index (χ3n) is 6.39. The monoisotopic (exact) mass is 659 g/mol. The summed E-state index contributed by atoms with van der Waals surface area (Å²) in [5.74, 6) is -0.630. The Morgan fingerprint density at radius 1 is 1.07 bits per heavy atom. The number of carbonyl (C=O) groups excluding carboxylic acids is 2. The highest BCUT2D eigenvalue weighted by Gasteiger charge is 2.36. The van der Waals surface area contributed by atoms with Gasteiger partial charge in [0.25, 0.3) is 0 Å². The Bertz CT molecular complexity index is 1640. The number of urea groups is 1. The van der Waals surface area contributed by atoms with E-state index in [0.29, 0.717) is 40.6 Å². The summed E-state index contributed by atoms with van der Waals surface area (Å²) in [5, 5.41) is 11.9. The lowest BCUT2D eigenvalue weighted by atomic mass is 9.92. The molecule has 0 unspecified atom stereocenters. The number of anilines is 1. The number of oxime groups is 1. The van der Waals surface area contributed by atoms with E-state index in [2.05, 4.69) is 47.5 Å². The van der Waals surface area contributed by atoms with Crippen molar-refractivity contribution in [1.82, 2.24) is 15.1 Å². The topological polar surface area (TPSA) is 110 Å². The molecule has 0 N–H and O–H groups in total. The van der Waals surface area contributed by atoms with Gasteiger partial charge in [0.2, 0.25) is 17.5 Å². The van der Waals surface area contributed by atoms with Gasteiger partial charge in [-0.1, -0.05) is 50.2 Å². The number of alkyl halides is 3. The Balaban J connectivity index is 1.67. The van der Waals surface area contributed by atoms with Crippen LogP contribution in [0, 0.1) is 5.41 Å². The summed E-state index contributed by atoms with van der Waals surface area (Å²) in [6, 6.07) is 11.5. The van der Waals surface area contributed by atoms with E-state index in [1.54, 1.807) is 51.1 Å². The van der Waals surface area contributed by atoms with Gasteiger partial charge in [-0.3, -0.25) is 4.90 Å². The Kier molecular flexibility index (Phi) is 9.90. The number of fused-ring (bicyclic) bond motifs is 1. The Morgan fingerprint density at radius 2 is 1.74 bits per heavy atom. The average Bonchev–Trinajstić information content (AvgIpc) is 3.35. The summed E-state index contributed by atoms with van der Waals surface area (Å²) in [4.78, 5) is 34.8. The number of amides is 3. The van der Waals surface area contributed by atoms with Gasteiger partial charge in [-0.2, -0.15) is 13.2 Å². The van der Waals surface area contributed by atoms with Crippen LogP contribution in [0.2, 0.25) is 0 Å². The number of aromatic nitrogens is 2. The maximum absolute atomic E-state index is 14.0. The van der Waals surface area contributed by atoms with Crippen LogP contribution in [-0.2, 0) is 22.5 Å². The van der Waals surface area contributed by atoms with Crippen molar-refractivity contribution >= 4 is 35.3 Å². The largest absolute Gasteiger partial charge is 0.451 e. The summed E-state index contributed by atoms with van der Waals surface area (Å²) in [6.07, 6.45) is -4.93. The minimum absolute atomic E-state index is 0.0185. The molecule has 0 saturated heterocycles. The predicted molar refractivity (Wildman–Crippen MR) is 168 cm³/mol. The zero-order chi connectivity index (χ0) is 34.0. The third-order valence-corrected chi connectivity index (χ3v) is 7.43. The number of ether oxygens (including phenoxy) is 1. The van der Waals surface area contributed by atoms with E-state index < -0.39 is 29.7 Å². The fourth-order valence-electron chi connectivity index (χ4n) is 4.18. The first-order valence-electron chi connectivity index (χ1n) is 14.3. The zero-order valence-corrected chi connectivity index (χ0v) is 27.5. The molecular formula is C32H36F3N5O5S. The van der Waals surface area contributed by atoms with Crippen molar-refractivity contribution in [3.05, 3.63) is 71.8 Å². The first-order chi connectivity index (χ1) is 21.3. The lowest BCUT2D eigenvalue weighted by Crippen LogP contribution is -2.47. The normalized spacial score (nSPS) is 14.6. The van der Waals surface area contributed by atoms with Gasteiger partial charge in [0.05, 0.1) is 23.8 Å². The molecule has 0 saturated carbocycles. The molecule has 0 radical (unpaired) electrons. The number of hydrogen-bond donors (Lipinski definition) is 0. The summed E-state index contributed by atoms with van der Waals surface area (Å²) >= 11 is 1.30. The molecule has 14 heteroatoms. The Hall–Kier alpha value is -4.33. The first-order valence-corrected chi connectivity index (χ1v) is 15.3. The average molecular weight is 660 g/mol. The van der Waals surface area contributed by atoms with Crippen molar-refractivity contribution in [3.8, 4) is 11.5 Å². The number of allylic oxidation sites excluding steroid dienone is 1. The van der Waals surface area contributed by atoms with E-state index in [4.69, 9.17) is 9.15 Å². The summed E-state index contributed by atoms with van der Waals surface area (Å²) in [5.41, 5.74) is 1.59. The van der Waals surface area contributed by atoms with E-state index >= 15 is 0 Å². The van der Waals surface area contributed by atoms with Gasteiger partial charge in [-0.15, -0.1) is 22.0 Å². The Labute approximate surface area is 269 Å². The van der Waals surface area contributed by atoms with Crippen molar-refractivity contribution in [2.24, 2.45) is 10.6 Å². The second kappa shape index (κ2) is 13.2. The standard InChI is InChI=1S/C32H36F3N5O5S/c1-19(38-45-20(2)32(33,34)35)22-11-9-21(10-12-22)17-39-24-15-23(27-37-36-26(43-27)16-30(3,4)5)13-14-25(24)46-18-40(28(39)41)29(42)44-31(6,7)8/h9-15H,2,16-18H2,1,3-8H3/b38-19+. The Morgan fingerprint density at radius 3 is 2.35 bits per heavy atom. The molecular weight excluding hydrogens is 623 g/mol. The number of thioether (sulfide) groups is 1. The van der Waals surface area contributed by atoms with E-state index in [9.17, 15) is 22.8 Å². The van der Waals surface area contributed by atoms with Gasteiger partial charge in [-0.05, 0) is 69.0 Å². The lowest BCUT2D eigenvalue weighted by molar-refractivity contribution is -0.130. The van der Waals surface area contributed by atoms with E-state index in [1.165, 1.54) is 23.6 Å². The third kappa shape index (κ3) is 8.89. The highest BCUT2D eigenvalue weighted by molar-refractivity contribution is 7.99. The quantitative estimate of drug-likeness (QED) is 0.141. The zero-order valence-electron chi connectivity index (χ0n) is 26.7. The van der Waals surface area contributed by atoms with Crippen molar-refractivity contribution in [3.63, 3.8) is 0 Å². The van der Waals surface area contributed by atoms with Gasteiger partial charge in [0.15, 0.2) is 0 Å². The molecule has 1 aromatic heterocycles. The van der Waals surface area contributed by atoms with Crippen LogP contribution in [0.15, 0.2) is 69.3 Å². The predicted octanol–water partition coefficient (Wildman–Crippen LogP) is 8.57. The summed E-state index contributed by atoms with van der Waals surface area (Å²) < 4.78 is 49.6. The minimum atomic E-state index is -4.73. The molecule has 246 valence electrons. The molecule has 10 nitrogen and oxygen atoms in total. The molecule has 1 aliphatic heterocycles. The van der Waals surface area contributed by atoms with Crippen LogP contribution in [0.3, 0.4) is 0 Å². The number of carbonyl (C=O) groups is 2. The van der Waals surface area contributed by atoms with Crippen LogP contribution >= 0.6 is 11.8 Å². The molecule has 1 aliphatic rings. The van der Waals surface area contributed by atoms with Crippen molar-refractivity contribution in [1.29, 1.82) is 0 Å². The molecule has 0 bridgehead atoms. The smallest absolute Gasteiger partial charge is 0.443 e. The van der Waals surface area contributed by atoms with Gasteiger partial charge >= 0.3 is 18.3 Å². The highest BCUT2D eigenvalue weighted by atomic mass is 32.2. The summed E-state index contributed by atoms with van der Waals surface area (Å²) in [7, 11) is 0. The van der Waals surface area contributed by atoms with Gasteiger partial charge < -0.3 is 14.0 Å². The number of rotatable bonds is 7. The van der Waals surface area contributed by atoms with Crippen molar-refractivity contribution in [2.75, 3.05) is 10.8 Å². The van der Waals surface area contributed by atoms with Crippen LogP contribution in [0.4, 0.5) is 28.4 Å².